The lowest BCUT2D eigenvalue weighted by Crippen LogP contribution is -2.36. The second-order valence-electron chi connectivity index (χ2n) is 5.64. The number of nitrogens with one attached hydrogen (secondary N) is 1. The molecule has 3 heterocycles. The van der Waals surface area contributed by atoms with E-state index in [0.29, 0.717) is 24.5 Å². The number of hydrogen-bond acceptors (Lipinski definition) is 4. The summed E-state index contributed by atoms with van der Waals surface area (Å²) < 4.78 is 5.24. The van der Waals surface area contributed by atoms with Gasteiger partial charge in [-0.15, -0.1) is 0 Å². The number of benzene rings is 1. The Labute approximate surface area is 133 Å². The number of rotatable bonds is 2. The zero-order valence-electron chi connectivity index (χ0n) is 12.7. The molecule has 1 amide bonds. The van der Waals surface area contributed by atoms with Gasteiger partial charge in [-0.3, -0.25) is 9.89 Å². The van der Waals surface area contributed by atoms with Gasteiger partial charge < -0.3 is 9.32 Å². The summed E-state index contributed by atoms with van der Waals surface area (Å²) in [4.78, 5) is 18.4. The zero-order valence-corrected chi connectivity index (χ0v) is 12.7. The number of carbonyl (C=O) groups is 1. The number of aromatic nitrogens is 3. The minimum atomic E-state index is -0.120. The lowest BCUT2D eigenvalue weighted by atomic mass is 10.0. The van der Waals surface area contributed by atoms with Crippen LogP contribution < -0.4 is 0 Å². The molecular weight excluding hydrogens is 292 g/mol. The van der Waals surface area contributed by atoms with Gasteiger partial charge in [0, 0.05) is 29.8 Å². The van der Waals surface area contributed by atoms with E-state index in [1.54, 1.807) is 11.8 Å². The van der Waals surface area contributed by atoms with E-state index in [2.05, 4.69) is 15.2 Å². The number of hydrogen-bond donors (Lipinski definition) is 1. The number of H-pyrrole nitrogens is 1. The van der Waals surface area contributed by atoms with Crippen molar-refractivity contribution < 1.29 is 9.21 Å². The lowest BCUT2D eigenvalue weighted by molar-refractivity contribution is 0.0701. The van der Waals surface area contributed by atoms with Crippen LogP contribution in [0.3, 0.4) is 0 Å². The Morgan fingerprint density at radius 3 is 2.87 bits per heavy atom. The molecule has 3 aromatic rings. The molecule has 23 heavy (non-hydrogen) atoms. The Morgan fingerprint density at radius 1 is 1.30 bits per heavy atom. The Balaban J connectivity index is 1.66. The molecule has 0 saturated heterocycles. The Kier molecular flexibility index (Phi) is 3.22. The molecular formula is C17H16N4O2. The standard InChI is InChI=1S/C17H16N4O2/c1-11-16(23-10-18-11)17(22)21-8-7-14-13(9-21)15(20-19-14)12-5-3-2-4-6-12/h2-6,10H,7-9H2,1H3,(H,19,20). The van der Waals surface area contributed by atoms with Gasteiger partial charge >= 0.3 is 0 Å². The molecule has 4 rings (SSSR count). The van der Waals surface area contributed by atoms with E-state index >= 15 is 0 Å². The molecule has 2 aromatic heterocycles. The molecule has 0 atom stereocenters. The molecule has 0 spiro atoms. The first-order chi connectivity index (χ1) is 11.2. The molecule has 0 bridgehead atoms. The monoisotopic (exact) mass is 308 g/mol. The molecule has 0 fully saturated rings. The number of aryl methyl sites for hydroxylation is 1. The molecule has 1 aliphatic rings. The van der Waals surface area contributed by atoms with Gasteiger partial charge in [-0.2, -0.15) is 5.10 Å². The summed E-state index contributed by atoms with van der Waals surface area (Å²) in [6, 6.07) is 10.0. The van der Waals surface area contributed by atoms with Crippen LogP contribution in [0.25, 0.3) is 11.3 Å². The number of aromatic amines is 1. The van der Waals surface area contributed by atoms with Crippen molar-refractivity contribution in [3.63, 3.8) is 0 Å². The molecule has 0 unspecified atom stereocenters. The van der Waals surface area contributed by atoms with E-state index in [9.17, 15) is 4.79 Å². The Hall–Kier alpha value is -2.89. The fourth-order valence-electron chi connectivity index (χ4n) is 2.95. The maximum absolute atomic E-state index is 12.6. The van der Waals surface area contributed by atoms with E-state index in [1.165, 1.54) is 6.39 Å². The molecule has 0 aliphatic carbocycles. The smallest absolute Gasteiger partial charge is 0.291 e. The summed E-state index contributed by atoms with van der Waals surface area (Å²) in [6.45, 7) is 2.94. The van der Waals surface area contributed by atoms with Gasteiger partial charge in [-0.05, 0) is 6.92 Å². The number of carbonyl (C=O) groups excluding carboxylic acids is 1. The van der Waals surface area contributed by atoms with Crippen LogP contribution in [0.1, 0.15) is 27.5 Å². The minimum absolute atomic E-state index is 0.120. The van der Waals surface area contributed by atoms with Crippen LogP contribution in [0.15, 0.2) is 41.1 Å². The molecule has 6 heteroatoms. The number of fused-ring (bicyclic) bond motifs is 1. The summed E-state index contributed by atoms with van der Waals surface area (Å²) in [5.74, 6) is 0.198. The van der Waals surface area contributed by atoms with Crippen molar-refractivity contribution in [3.8, 4) is 11.3 Å². The maximum Gasteiger partial charge on any atom is 0.291 e. The van der Waals surface area contributed by atoms with Crippen molar-refractivity contribution in [1.82, 2.24) is 20.1 Å². The van der Waals surface area contributed by atoms with E-state index < -0.39 is 0 Å². The highest BCUT2D eigenvalue weighted by molar-refractivity contribution is 5.92. The van der Waals surface area contributed by atoms with Crippen LogP contribution >= 0.6 is 0 Å². The molecule has 0 saturated carbocycles. The fraction of sp³-hybridized carbons (Fsp3) is 0.235. The van der Waals surface area contributed by atoms with Crippen LogP contribution in [0.2, 0.25) is 0 Å². The van der Waals surface area contributed by atoms with Crippen LogP contribution in [-0.2, 0) is 13.0 Å². The first kappa shape index (κ1) is 13.8. The van der Waals surface area contributed by atoms with Crippen molar-refractivity contribution in [3.05, 3.63) is 59.4 Å². The van der Waals surface area contributed by atoms with Gasteiger partial charge in [0.05, 0.1) is 17.9 Å². The number of amides is 1. The van der Waals surface area contributed by atoms with E-state index in [-0.39, 0.29) is 5.91 Å². The first-order valence-electron chi connectivity index (χ1n) is 7.55. The van der Waals surface area contributed by atoms with Gasteiger partial charge in [-0.1, -0.05) is 30.3 Å². The summed E-state index contributed by atoms with van der Waals surface area (Å²) in [5, 5.41) is 7.55. The minimum Gasteiger partial charge on any atom is -0.438 e. The fourth-order valence-corrected chi connectivity index (χ4v) is 2.95. The number of nitrogens with zero attached hydrogens (tertiary/aromatic N) is 3. The normalized spacial score (nSPS) is 13.9. The average molecular weight is 308 g/mol. The maximum atomic E-state index is 12.6. The predicted octanol–water partition coefficient (Wildman–Crippen LogP) is 2.57. The second-order valence-corrected chi connectivity index (χ2v) is 5.64. The quantitative estimate of drug-likeness (QED) is 0.789. The molecule has 116 valence electrons. The van der Waals surface area contributed by atoms with Gasteiger partial charge in [0.15, 0.2) is 6.39 Å². The van der Waals surface area contributed by atoms with Crippen molar-refractivity contribution in [2.75, 3.05) is 6.54 Å². The predicted molar refractivity (Wildman–Crippen MR) is 83.7 cm³/mol. The van der Waals surface area contributed by atoms with Crippen LogP contribution in [-0.4, -0.2) is 32.5 Å². The van der Waals surface area contributed by atoms with Gasteiger partial charge in [0.1, 0.15) is 0 Å². The molecule has 1 aliphatic heterocycles. The van der Waals surface area contributed by atoms with Crippen LogP contribution in [0, 0.1) is 6.92 Å². The summed E-state index contributed by atoms with van der Waals surface area (Å²) >= 11 is 0. The zero-order chi connectivity index (χ0) is 15.8. The van der Waals surface area contributed by atoms with Gasteiger partial charge in [-0.25, -0.2) is 4.98 Å². The largest absolute Gasteiger partial charge is 0.438 e. The van der Waals surface area contributed by atoms with Crippen molar-refractivity contribution in [2.24, 2.45) is 0 Å². The third-order valence-electron chi connectivity index (χ3n) is 4.21. The Morgan fingerprint density at radius 2 is 2.13 bits per heavy atom. The lowest BCUT2D eigenvalue weighted by Gasteiger charge is -2.26. The van der Waals surface area contributed by atoms with E-state index in [1.807, 2.05) is 30.3 Å². The topological polar surface area (TPSA) is 75.0 Å². The average Bonchev–Trinajstić information content (AvgIpc) is 3.20. The first-order valence-corrected chi connectivity index (χ1v) is 7.55. The highest BCUT2D eigenvalue weighted by Crippen LogP contribution is 2.29. The molecule has 6 nitrogen and oxygen atoms in total. The summed E-state index contributed by atoms with van der Waals surface area (Å²) in [7, 11) is 0. The van der Waals surface area contributed by atoms with Crippen molar-refractivity contribution in [1.29, 1.82) is 0 Å². The number of oxazole rings is 1. The summed E-state index contributed by atoms with van der Waals surface area (Å²) in [6.07, 6.45) is 2.07. The summed E-state index contributed by atoms with van der Waals surface area (Å²) in [5.41, 5.74) is 4.76. The highest BCUT2D eigenvalue weighted by atomic mass is 16.3. The van der Waals surface area contributed by atoms with Crippen LogP contribution in [0.5, 0.6) is 0 Å². The van der Waals surface area contributed by atoms with Crippen molar-refractivity contribution >= 4 is 5.91 Å². The third-order valence-corrected chi connectivity index (χ3v) is 4.21. The molecule has 1 N–H and O–H groups in total. The van der Waals surface area contributed by atoms with E-state index in [4.69, 9.17) is 4.42 Å². The Bertz CT molecular complexity index is 851. The van der Waals surface area contributed by atoms with Gasteiger partial charge in [0.2, 0.25) is 5.76 Å². The SMILES string of the molecule is Cc1ncoc1C(=O)N1CCc2[nH]nc(-c3ccccc3)c2C1. The van der Waals surface area contributed by atoms with E-state index in [0.717, 1.165) is 28.9 Å². The van der Waals surface area contributed by atoms with Gasteiger partial charge in [0.25, 0.3) is 5.91 Å². The third kappa shape index (κ3) is 2.32. The molecule has 1 aromatic carbocycles. The molecule has 0 radical (unpaired) electrons. The van der Waals surface area contributed by atoms with Crippen LogP contribution in [0.4, 0.5) is 0 Å². The highest BCUT2D eigenvalue weighted by Gasteiger charge is 2.28. The van der Waals surface area contributed by atoms with Crippen molar-refractivity contribution in [2.45, 2.75) is 19.9 Å². The second kappa shape index (κ2) is 5.39.